The Kier molecular flexibility index (Phi) is 5.38. The molecule has 82 valence electrons. The van der Waals surface area contributed by atoms with Crippen LogP contribution >= 0.6 is 11.8 Å². The minimum atomic E-state index is 0.133. The molecule has 0 saturated heterocycles. The summed E-state index contributed by atoms with van der Waals surface area (Å²) >= 11 is 1.29. The molecular formula is C13H13NOS. The summed E-state index contributed by atoms with van der Waals surface area (Å²) in [6.45, 7) is 1.56. The number of hydrogen-bond donors (Lipinski definition) is 0. The van der Waals surface area contributed by atoms with Gasteiger partial charge >= 0.3 is 0 Å². The average molecular weight is 231 g/mol. The highest BCUT2D eigenvalue weighted by molar-refractivity contribution is 8.13. The van der Waals surface area contributed by atoms with Crippen LogP contribution in [0.4, 0.5) is 0 Å². The Hall–Kier alpha value is -1.53. The van der Waals surface area contributed by atoms with E-state index in [4.69, 9.17) is 5.26 Å². The Bertz CT molecular complexity index is 415. The van der Waals surface area contributed by atoms with Gasteiger partial charge in [0.2, 0.25) is 0 Å². The quantitative estimate of drug-likeness (QED) is 0.799. The Morgan fingerprint density at radius 3 is 2.69 bits per heavy atom. The molecule has 0 unspecified atom stereocenters. The molecule has 1 aromatic rings. The van der Waals surface area contributed by atoms with Crippen molar-refractivity contribution >= 4 is 23.0 Å². The van der Waals surface area contributed by atoms with Crippen LogP contribution in [-0.2, 0) is 11.2 Å². The summed E-state index contributed by atoms with van der Waals surface area (Å²) in [5.74, 6) is 0.704. The van der Waals surface area contributed by atoms with E-state index in [1.165, 1.54) is 11.8 Å². The zero-order chi connectivity index (χ0) is 11.8. The minimum absolute atomic E-state index is 0.133. The van der Waals surface area contributed by atoms with Crippen molar-refractivity contribution in [1.29, 1.82) is 5.26 Å². The van der Waals surface area contributed by atoms with E-state index in [-0.39, 0.29) is 5.12 Å². The zero-order valence-corrected chi connectivity index (χ0v) is 9.96. The van der Waals surface area contributed by atoms with E-state index in [0.29, 0.717) is 12.2 Å². The summed E-state index contributed by atoms with van der Waals surface area (Å²) in [5, 5.41) is 8.65. The largest absolute Gasteiger partial charge is 0.288 e. The average Bonchev–Trinajstić information content (AvgIpc) is 2.27. The third-order valence-corrected chi connectivity index (χ3v) is 2.72. The van der Waals surface area contributed by atoms with Gasteiger partial charge in [0, 0.05) is 12.7 Å². The van der Waals surface area contributed by atoms with Gasteiger partial charge in [-0.3, -0.25) is 4.79 Å². The number of benzene rings is 1. The summed E-state index contributed by atoms with van der Waals surface area (Å²) < 4.78 is 0. The SMILES string of the molecule is CC(=O)SCC=Cc1ccc(CC#N)cc1. The van der Waals surface area contributed by atoms with Crippen molar-refractivity contribution < 1.29 is 4.79 Å². The maximum absolute atomic E-state index is 10.7. The molecule has 0 radical (unpaired) electrons. The van der Waals surface area contributed by atoms with E-state index in [0.717, 1.165) is 11.1 Å². The number of thioether (sulfide) groups is 1. The first-order valence-electron chi connectivity index (χ1n) is 4.98. The van der Waals surface area contributed by atoms with Gasteiger partial charge < -0.3 is 0 Å². The van der Waals surface area contributed by atoms with Crippen LogP contribution in [0.15, 0.2) is 30.3 Å². The van der Waals surface area contributed by atoms with Crippen molar-refractivity contribution in [3.8, 4) is 6.07 Å². The number of carbonyl (C=O) groups is 1. The van der Waals surface area contributed by atoms with Crippen LogP contribution < -0.4 is 0 Å². The molecule has 0 atom stereocenters. The molecule has 0 aliphatic rings. The maximum atomic E-state index is 10.7. The minimum Gasteiger partial charge on any atom is -0.288 e. The van der Waals surface area contributed by atoms with Crippen molar-refractivity contribution in [1.82, 2.24) is 0 Å². The second-order valence-electron chi connectivity index (χ2n) is 3.28. The summed E-state index contributed by atoms with van der Waals surface area (Å²) in [7, 11) is 0. The summed E-state index contributed by atoms with van der Waals surface area (Å²) in [5.41, 5.74) is 2.11. The van der Waals surface area contributed by atoms with Gasteiger partial charge in [-0.1, -0.05) is 48.2 Å². The Labute approximate surface area is 100.0 Å². The molecule has 0 fully saturated rings. The van der Waals surface area contributed by atoms with E-state index in [9.17, 15) is 4.79 Å². The molecule has 0 aliphatic heterocycles. The lowest BCUT2D eigenvalue weighted by molar-refractivity contribution is -0.109. The van der Waals surface area contributed by atoms with Gasteiger partial charge in [-0.25, -0.2) is 0 Å². The molecule has 16 heavy (non-hydrogen) atoms. The third kappa shape index (κ3) is 4.81. The number of nitriles is 1. The molecule has 0 N–H and O–H groups in total. The third-order valence-electron chi connectivity index (χ3n) is 1.96. The van der Waals surface area contributed by atoms with Gasteiger partial charge in [-0.05, 0) is 11.1 Å². The van der Waals surface area contributed by atoms with Gasteiger partial charge in [-0.15, -0.1) is 0 Å². The van der Waals surface area contributed by atoms with Crippen molar-refractivity contribution in [3.63, 3.8) is 0 Å². The van der Waals surface area contributed by atoms with Gasteiger partial charge in [0.1, 0.15) is 0 Å². The molecule has 0 heterocycles. The van der Waals surface area contributed by atoms with Crippen molar-refractivity contribution in [2.45, 2.75) is 13.3 Å². The number of hydrogen-bond acceptors (Lipinski definition) is 3. The van der Waals surface area contributed by atoms with Crippen molar-refractivity contribution in [2.24, 2.45) is 0 Å². The number of carbonyl (C=O) groups excluding carboxylic acids is 1. The second-order valence-corrected chi connectivity index (χ2v) is 4.48. The van der Waals surface area contributed by atoms with Gasteiger partial charge in [0.25, 0.3) is 0 Å². The molecule has 0 saturated carbocycles. The monoisotopic (exact) mass is 231 g/mol. The molecule has 0 spiro atoms. The number of nitrogens with zero attached hydrogens (tertiary/aromatic N) is 1. The smallest absolute Gasteiger partial charge is 0.186 e. The molecule has 0 aliphatic carbocycles. The van der Waals surface area contributed by atoms with Gasteiger partial charge in [0.15, 0.2) is 5.12 Å². The molecular weight excluding hydrogens is 218 g/mol. The Morgan fingerprint density at radius 2 is 2.12 bits per heavy atom. The van der Waals surface area contributed by atoms with Crippen LogP contribution in [0.2, 0.25) is 0 Å². The topological polar surface area (TPSA) is 40.9 Å². The first-order valence-corrected chi connectivity index (χ1v) is 5.96. The van der Waals surface area contributed by atoms with Crippen LogP contribution in [0.25, 0.3) is 6.08 Å². The van der Waals surface area contributed by atoms with Gasteiger partial charge in [0.05, 0.1) is 12.5 Å². The fourth-order valence-electron chi connectivity index (χ4n) is 1.19. The Morgan fingerprint density at radius 1 is 1.44 bits per heavy atom. The van der Waals surface area contributed by atoms with E-state index in [1.54, 1.807) is 6.92 Å². The van der Waals surface area contributed by atoms with Crippen molar-refractivity contribution in [2.75, 3.05) is 5.75 Å². The molecule has 1 aromatic carbocycles. The highest BCUT2D eigenvalue weighted by atomic mass is 32.2. The van der Waals surface area contributed by atoms with Gasteiger partial charge in [-0.2, -0.15) is 5.26 Å². The molecule has 0 amide bonds. The number of rotatable bonds is 4. The fourth-order valence-corrected chi connectivity index (χ4v) is 1.61. The molecule has 2 nitrogen and oxygen atoms in total. The van der Waals surface area contributed by atoms with E-state index in [1.807, 2.05) is 36.4 Å². The molecule has 0 bridgehead atoms. The van der Waals surface area contributed by atoms with Crippen molar-refractivity contribution in [3.05, 3.63) is 41.5 Å². The van der Waals surface area contributed by atoms with Crippen LogP contribution in [0.1, 0.15) is 18.1 Å². The lowest BCUT2D eigenvalue weighted by Gasteiger charge is -1.96. The highest BCUT2D eigenvalue weighted by Gasteiger charge is 1.92. The first kappa shape index (κ1) is 12.5. The van der Waals surface area contributed by atoms with Crippen LogP contribution in [0.3, 0.4) is 0 Å². The summed E-state index contributed by atoms with van der Waals surface area (Å²) in [4.78, 5) is 10.7. The summed E-state index contributed by atoms with van der Waals surface area (Å²) in [6, 6.07) is 9.95. The van der Waals surface area contributed by atoms with Crippen LogP contribution in [0.5, 0.6) is 0 Å². The predicted molar refractivity (Wildman–Crippen MR) is 67.9 cm³/mol. The molecule has 1 rings (SSSR count). The van der Waals surface area contributed by atoms with Crippen LogP contribution in [0, 0.1) is 11.3 Å². The Balaban J connectivity index is 2.49. The van der Waals surface area contributed by atoms with Crippen LogP contribution in [-0.4, -0.2) is 10.9 Å². The van der Waals surface area contributed by atoms with E-state index >= 15 is 0 Å². The lowest BCUT2D eigenvalue weighted by atomic mass is 10.1. The first-order chi connectivity index (χ1) is 7.72. The molecule has 0 aromatic heterocycles. The predicted octanol–water partition coefficient (Wildman–Crippen LogP) is 3.05. The van der Waals surface area contributed by atoms with E-state index in [2.05, 4.69) is 6.07 Å². The van der Waals surface area contributed by atoms with E-state index < -0.39 is 0 Å². The normalized spacial score (nSPS) is 10.2. The maximum Gasteiger partial charge on any atom is 0.186 e. The highest BCUT2D eigenvalue weighted by Crippen LogP contribution is 2.08. The fraction of sp³-hybridized carbons (Fsp3) is 0.231. The zero-order valence-electron chi connectivity index (χ0n) is 9.14. The standard InChI is InChI=1S/C13H13NOS/c1-11(15)16-10-2-3-12-4-6-13(7-5-12)8-9-14/h2-7H,8,10H2,1H3. The summed E-state index contributed by atoms with van der Waals surface area (Å²) in [6.07, 6.45) is 4.39. The second kappa shape index (κ2) is 6.86. The molecule has 3 heteroatoms. The lowest BCUT2D eigenvalue weighted by Crippen LogP contribution is -1.83.